The van der Waals surface area contributed by atoms with Gasteiger partial charge >= 0.3 is 0 Å². The zero-order valence-electron chi connectivity index (χ0n) is 9.45. The monoisotopic (exact) mass is 215 g/mol. The molecule has 0 N–H and O–H groups in total. The van der Waals surface area contributed by atoms with E-state index in [0.717, 1.165) is 31.6 Å². The Kier molecular flexibility index (Phi) is 4.96. The molecule has 82 valence electrons. The van der Waals surface area contributed by atoms with Crippen molar-refractivity contribution in [2.45, 2.75) is 32.2 Å². The molecule has 1 rings (SSSR count). The van der Waals surface area contributed by atoms with Crippen LogP contribution < -0.4 is 0 Å². The van der Waals surface area contributed by atoms with Crippen molar-refractivity contribution >= 4 is 17.5 Å². The molecule has 0 amide bonds. The Balaban J connectivity index is 2.31. The van der Waals surface area contributed by atoms with Gasteiger partial charge in [0.25, 0.3) is 0 Å². The molecule has 3 heteroatoms. The highest BCUT2D eigenvalue weighted by atomic mass is 32.2. The molecule has 0 spiro atoms. The first-order valence-electron chi connectivity index (χ1n) is 5.37. The first-order valence-corrected chi connectivity index (χ1v) is 6.76. The van der Waals surface area contributed by atoms with Crippen LogP contribution in [0.2, 0.25) is 0 Å². The summed E-state index contributed by atoms with van der Waals surface area (Å²) in [5.41, 5.74) is 0. The van der Waals surface area contributed by atoms with E-state index in [0.29, 0.717) is 17.7 Å². The maximum Gasteiger partial charge on any atom is 0.137 e. The quantitative estimate of drug-likeness (QED) is 0.700. The summed E-state index contributed by atoms with van der Waals surface area (Å²) in [7, 11) is 2.13. The Labute approximate surface area is 91.4 Å². The van der Waals surface area contributed by atoms with E-state index in [9.17, 15) is 4.79 Å². The smallest absolute Gasteiger partial charge is 0.137 e. The average Bonchev–Trinajstić information content (AvgIpc) is 2.52. The molecule has 0 aliphatic heterocycles. The van der Waals surface area contributed by atoms with Gasteiger partial charge in [0.05, 0.1) is 0 Å². The minimum Gasteiger partial charge on any atom is -0.302 e. The summed E-state index contributed by atoms with van der Waals surface area (Å²) in [6.07, 6.45) is 5.16. The van der Waals surface area contributed by atoms with Crippen LogP contribution in [0.15, 0.2) is 0 Å². The molecular formula is C11H21NOS. The molecule has 0 heterocycles. The SMILES string of the molecule is CSCC(C)N(C)CC1CCCC1=O. The van der Waals surface area contributed by atoms with Gasteiger partial charge in [0.1, 0.15) is 5.78 Å². The minimum absolute atomic E-state index is 0.323. The lowest BCUT2D eigenvalue weighted by atomic mass is 10.1. The van der Waals surface area contributed by atoms with Crippen molar-refractivity contribution in [1.82, 2.24) is 4.90 Å². The summed E-state index contributed by atoms with van der Waals surface area (Å²) in [5.74, 6) is 1.95. The Morgan fingerprint density at radius 3 is 2.86 bits per heavy atom. The third-order valence-electron chi connectivity index (χ3n) is 3.10. The largest absolute Gasteiger partial charge is 0.302 e. The summed E-state index contributed by atoms with van der Waals surface area (Å²) in [6, 6.07) is 0.582. The summed E-state index contributed by atoms with van der Waals surface area (Å²) in [6.45, 7) is 3.19. The van der Waals surface area contributed by atoms with Crippen LogP contribution >= 0.6 is 11.8 Å². The lowest BCUT2D eigenvalue weighted by molar-refractivity contribution is -0.121. The van der Waals surface area contributed by atoms with E-state index in [-0.39, 0.29) is 0 Å². The van der Waals surface area contributed by atoms with Crippen molar-refractivity contribution in [2.75, 3.05) is 25.6 Å². The molecule has 14 heavy (non-hydrogen) atoms. The van der Waals surface area contributed by atoms with Crippen LogP contribution in [0.3, 0.4) is 0 Å². The second-order valence-electron chi connectivity index (χ2n) is 4.30. The van der Waals surface area contributed by atoms with Gasteiger partial charge in [0.2, 0.25) is 0 Å². The lowest BCUT2D eigenvalue weighted by Crippen LogP contribution is -2.36. The van der Waals surface area contributed by atoms with E-state index in [1.54, 1.807) is 0 Å². The van der Waals surface area contributed by atoms with E-state index >= 15 is 0 Å². The standard InChI is InChI=1S/C11H21NOS/c1-9(8-14-3)12(2)7-10-5-4-6-11(10)13/h9-10H,4-8H2,1-3H3. The molecule has 0 aromatic rings. The maximum absolute atomic E-state index is 11.5. The second-order valence-corrected chi connectivity index (χ2v) is 5.21. The number of carbonyl (C=O) groups excluding carboxylic acids is 1. The summed E-state index contributed by atoms with van der Waals surface area (Å²) < 4.78 is 0. The Bertz CT molecular complexity index is 196. The molecule has 1 aliphatic rings. The van der Waals surface area contributed by atoms with E-state index < -0.39 is 0 Å². The molecule has 2 nitrogen and oxygen atoms in total. The average molecular weight is 215 g/mol. The fraction of sp³-hybridized carbons (Fsp3) is 0.909. The summed E-state index contributed by atoms with van der Waals surface area (Å²) >= 11 is 1.87. The molecule has 1 aliphatic carbocycles. The van der Waals surface area contributed by atoms with Gasteiger partial charge in [-0.1, -0.05) is 0 Å². The second kappa shape index (κ2) is 5.76. The number of nitrogens with zero attached hydrogens (tertiary/aromatic N) is 1. The lowest BCUT2D eigenvalue weighted by Gasteiger charge is -2.26. The predicted octanol–water partition coefficient (Wildman–Crippen LogP) is 2.04. The topological polar surface area (TPSA) is 20.3 Å². The van der Waals surface area contributed by atoms with Crippen molar-refractivity contribution in [2.24, 2.45) is 5.92 Å². The highest BCUT2D eigenvalue weighted by Gasteiger charge is 2.26. The van der Waals surface area contributed by atoms with E-state index in [1.807, 2.05) is 11.8 Å². The van der Waals surface area contributed by atoms with Gasteiger partial charge in [-0.05, 0) is 33.1 Å². The summed E-state index contributed by atoms with van der Waals surface area (Å²) in [5, 5.41) is 0. The molecular weight excluding hydrogens is 194 g/mol. The molecule has 0 aromatic heterocycles. The van der Waals surface area contributed by atoms with Crippen LogP contribution in [0, 0.1) is 5.92 Å². The number of hydrogen-bond donors (Lipinski definition) is 0. The van der Waals surface area contributed by atoms with Crippen molar-refractivity contribution in [3.8, 4) is 0 Å². The van der Waals surface area contributed by atoms with Gasteiger partial charge in [-0.3, -0.25) is 4.79 Å². The first kappa shape index (κ1) is 12.1. The number of ketones is 1. The van der Waals surface area contributed by atoms with Crippen LogP contribution in [0.5, 0.6) is 0 Å². The fourth-order valence-electron chi connectivity index (χ4n) is 1.98. The highest BCUT2D eigenvalue weighted by Crippen LogP contribution is 2.22. The number of Topliss-reactive ketones (excluding diaryl/α,β-unsaturated/α-hetero) is 1. The van der Waals surface area contributed by atoms with Crippen molar-refractivity contribution < 1.29 is 4.79 Å². The van der Waals surface area contributed by atoms with Crippen LogP contribution in [0.1, 0.15) is 26.2 Å². The number of hydrogen-bond acceptors (Lipinski definition) is 3. The van der Waals surface area contributed by atoms with Gasteiger partial charge in [-0.2, -0.15) is 11.8 Å². The van der Waals surface area contributed by atoms with Gasteiger partial charge in [0.15, 0.2) is 0 Å². The van der Waals surface area contributed by atoms with Gasteiger partial charge in [0, 0.05) is 30.7 Å². The van der Waals surface area contributed by atoms with Crippen molar-refractivity contribution in [1.29, 1.82) is 0 Å². The molecule has 0 bridgehead atoms. The Hall–Kier alpha value is -0.0200. The third-order valence-corrected chi connectivity index (χ3v) is 3.92. The number of thioether (sulfide) groups is 1. The van der Waals surface area contributed by atoms with E-state index in [4.69, 9.17) is 0 Å². The molecule has 1 saturated carbocycles. The molecule has 2 atom stereocenters. The fourth-order valence-corrected chi connectivity index (χ4v) is 2.71. The normalized spacial score (nSPS) is 24.6. The Morgan fingerprint density at radius 1 is 1.64 bits per heavy atom. The summed E-state index contributed by atoms with van der Waals surface area (Å²) in [4.78, 5) is 13.8. The third kappa shape index (κ3) is 3.28. The van der Waals surface area contributed by atoms with E-state index in [1.165, 1.54) is 0 Å². The molecule has 0 saturated heterocycles. The molecule has 0 aromatic carbocycles. The van der Waals surface area contributed by atoms with Gasteiger partial charge in [-0.25, -0.2) is 0 Å². The first-order chi connectivity index (χ1) is 6.65. The van der Waals surface area contributed by atoms with E-state index in [2.05, 4.69) is 25.1 Å². The maximum atomic E-state index is 11.5. The Morgan fingerprint density at radius 2 is 2.36 bits per heavy atom. The molecule has 0 radical (unpaired) electrons. The highest BCUT2D eigenvalue weighted by molar-refractivity contribution is 7.98. The zero-order chi connectivity index (χ0) is 10.6. The number of rotatable bonds is 5. The molecule has 2 unspecified atom stereocenters. The van der Waals surface area contributed by atoms with Crippen LogP contribution in [0.4, 0.5) is 0 Å². The minimum atomic E-state index is 0.323. The van der Waals surface area contributed by atoms with Gasteiger partial charge < -0.3 is 4.90 Å². The van der Waals surface area contributed by atoms with Crippen molar-refractivity contribution in [3.05, 3.63) is 0 Å². The number of carbonyl (C=O) groups is 1. The van der Waals surface area contributed by atoms with Crippen LogP contribution in [-0.2, 0) is 4.79 Å². The van der Waals surface area contributed by atoms with Crippen LogP contribution in [-0.4, -0.2) is 42.3 Å². The van der Waals surface area contributed by atoms with Crippen molar-refractivity contribution in [3.63, 3.8) is 0 Å². The zero-order valence-corrected chi connectivity index (χ0v) is 10.3. The molecule has 1 fully saturated rings. The van der Waals surface area contributed by atoms with Crippen LogP contribution in [0.25, 0.3) is 0 Å². The predicted molar refractivity (Wildman–Crippen MR) is 62.8 cm³/mol. The van der Waals surface area contributed by atoms with Gasteiger partial charge in [-0.15, -0.1) is 0 Å².